The third-order valence-corrected chi connectivity index (χ3v) is 7.20. The van der Waals surface area contributed by atoms with Crippen molar-refractivity contribution in [2.45, 2.75) is 51.8 Å². The lowest BCUT2D eigenvalue weighted by molar-refractivity contribution is 0.223. The number of hydrogen-bond donors (Lipinski definition) is 1. The molecule has 0 amide bonds. The molecule has 23 heavy (non-hydrogen) atoms. The normalized spacial score (nSPS) is 20.4. The Morgan fingerprint density at radius 3 is 2.39 bits per heavy atom. The van der Waals surface area contributed by atoms with Crippen LogP contribution in [0.15, 0.2) is 4.99 Å². The number of likely N-dealkylation sites (N-methyl/N-ethyl adjacent to an activating group) is 1. The predicted molar refractivity (Wildman–Crippen MR) is 97.8 cm³/mol. The first kappa shape index (κ1) is 20.2. The molecule has 1 unspecified atom stereocenters. The fraction of sp³-hybridized carbons (Fsp3) is 0.938. The van der Waals surface area contributed by atoms with Crippen LogP contribution in [-0.4, -0.2) is 80.5 Å². The molecule has 0 radical (unpaired) electrons. The topological polar surface area (TPSA) is 65.0 Å². The number of aliphatic imine (C=N–C) groups is 1. The summed E-state index contributed by atoms with van der Waals surface area (Å²) in [6.07, 6.45) is 1.13. The maximum absolute atomic E-state index is 12.2. The van der Waals surface area contributed by atoms with E-state index in [9.17, 15) is 8.42 Å². The van der Waals surface area contributed by atoms with Crippen LogP contribution < -0.4 is 5.32 Å². The van der Waals surface area contributed by atoms with Crippen LogP contribution in [0, 0.1) is 0 Å². The van der Waals surface area contributed by atoms with E-state index in [0.717, 1.165) is 38.6 Å². The lowest BCUT2D eigenvalue weighted by atomic mass is 10.2. The number of rotatable bonds is 6. The van der Waals surface area contributed by atoms with Gasteiger partial charge in [-0.25, -0.2) is 8.42 Å². The molecule has 1 rings (SSSR count). The Balaban J connectivity index is 2.54. The standard InChI is InChI=1S/C16H34N4O2S/c1-7-19(8-2)14-9-11-20(13-14)15(17-6)18-10-12-23(21,22)16(3,4)5/h14H,7-13H2,1-6H3,(H,17,18). The summed E-state index contributed by atoms with van der Waals surface area (Å²) in [6.45, 7) is 14.0. The molecular weight excluding hydrogens is 312 g/mol. The molecule has 0 spiro atoms. The van der Waals surface area contributed by atoms with Crippen LogP contribution in [0.4, 0.5) is 0 Å². The minimum atomic E-state index is -3.10. The van der Waals surface area contributed by atoms with Gasteiger partial charge in [-0.1, -0.05) is 13.8 Å². The van der Waals surface area contributed by atoms with Gasteiger partial charge >= 0.3 is 0 Å². The molecule has 0 aromatic rings. The summed E-state index contributed by atoms with van der Waals surface area (Å²) in [5.74, 6) is 0.937. The Morgan fingerprint density at radius 1 is 1.30 bits per heavy atom. The van der Waals surface area contributed by atoms with E-state index in [1.165, 1.54) is 0 Å². The van der Waals surface area contributed by atoms with Gasteiger partial charge in [0.1, 0.15) is 0 Å². The van der Waals surface area contributed by atoms with E-state index >= 15 is 0 Å². The Hall–Kier alpha value is -0.820. The van der Waals surface area contributed by atoms with Crippen LogP contribution in [0.1, 0.15) is 41.0 Å². The fourth-order valence-corrected chi connectivity index (χ4v) is 3.89. The summed E-state index contributed by atoms with van der Waals surface area (Å²) in [5.41, 5.74) is 0. The number of hydrogen-bond acceptors (Lipinski definition) is 4. The second-order valence-electron chi connectivity index (χ2n) is 7.01. The fourth-order valence-electron chi connectivity index (χ4n) is 2.91. The number of nitrogens with zero attached hydrogens (tertiary/aromatic N) is 3. The highest BCUT2D eigenvalue weighted by Gasteiger charge is 2.30. The minimum absolute atomic E-state index is 0.128. The summed E-state index contributed by atoms with van der Waals surface area (Å²) in [4.78, 5) is 9.01. The SMILES string of the molecule is CCN(CC)C1CCN(C(=NC)NCCS(=O)(=O)C(C)(C)C)C1. The van der Waals surface area contributed by atoms with E-state index in [-0.39, 0.29) is 5.75 Å². The minimum Gasteiger partial charge on any atom is -0.355 e. The first-order valence-electron chi connectivity index (χ1n) is 8.58. The van der Waals surface area contributed by atoms with E-state index in [1.54, 1.807) is 27.8 Å². The van der Waals surface area contributed by atoms with E-state index in [0.29, 0.717) is 12.6 Å². The van der Waals surface area contributed by atoms with Crippen molar-refractivity contribution in [2.75, 3.05) is 45.5 Å². The van der Waals surface area contributed by atoms with E-state index in [4.69, 9.17) is 0 Å². The molecule has 0 aromatic heterocycles. The molecule has 1 fully saturated rings. The lowest BCUT2D eigenvalue weighted by Gasteiger charge is -2.27. The molecule has 1 heterocycles. The van der Waals surface area contributed by atoms with Crippen LogP contribution in [0.3, 0.4) is 0 Å². The van der Waals surface area contributed by atoms with Gasteiger partial charge in [0, 0.05) is 32.7 Å². The van der Waals surface area contributed by atoms with E-state index in [2.05, 4.69) is 34.0 Å². The zero-order chi connectivity index (χ0) is 17.7. The molecule has 1 saturated heterocycles. The Kier molecular flexibility index (Phi) is 7.32. The Bertz CT molecular complexity index is 493. The molecule has 1 N–H and O–H groups in total. The van der Waals surface area contributed by atoms with Crippen molar-refractivity contribution in [3.05, 3.63) is 0 Å². The summed E-state index contributed by atoms with van der Waals surface area (Å²) in [7, 11) is -1.35. The summed E-state index contributed by atoms with van der Waals surface area (Å²) in [6, 6.07) is 0.557. The highest BCUT2D eigenvalue weighted by Crippen LogP contribution is 2.16. The lowest BCUT2D eigenvalue weighted by Crippen LogP contribution is -2.45. The van der Waals surface area contributed by atoms with Crippen LogP contribution in [0.5, 0.6) is 0 Å². The average molecular weight is 347 g/mol. The summed E-state index contributed by atoms with van der Waals surface area (Å²) >= 11 is 0. The molecule has 0 aromatic carbocycles. The zero-order valence-corrected chi connectivity index (χ0v) is 16.4. The highest BCUT2D eigenvalue weighted by molar-refractivity contribution is 7.92. The van der Waals surface area contributed by atoms with Crippen LogP contribution in [-0.2, 0) is 9.84 Å². The smallest absolute Gasteiger partial charge is 0.193 e. The van der Waals surface area contributed by atoms with Crippen molar-refractivity contribution in [2.24, 2.45) is 4.99 Å². The van der Waals surface area contributed by atoms with Gasteiger partial charge in [-0.15, -0.1) is 0 Å². The van der Waals surface area contributed by atoms with Gasteiger partial charge in [0.15, 0.2) is 15.8 Å². The third-order valence-electron chi connectivity index (χ3n) is 4.59. The molecule has 1 atom stereocenters. The van der Waals surface area contributed by atoms with Gasteiger partial charge < -0.3 is 10.2 Å². The van der Waals surface area contributed by atoms with Crippen molar-refractivity contribution < 1.29 is 8.42 Å². The second kappa shape index (κ2) is 8.33. The quantitative estimate of drug-likeness (QED) is 0.578. The summed E-state index contributed by atoms with van der Waals surface area (Å²) < 4.78 is 23.6. The molecule has 136 valence electrons. The van der Waals surface area contributed by atoms with Crippen molar-refractivity contribution in [3.63, 3.8) is 0 Å². The number of sulfone groups is 1. The average Bonchev–Trinajstić information content (AvgIpc) is 2.93. The molecule has 0 bridgehead atoms. The summed E-state index contributed by atoms with van der Waals surface area (Å²) in [5, 5.41) is 3.21. The van der Waals surface area contributed by atoms with Gasteiger partial charge in [0.2, 0.25) is 0 Å². The third kappa shape index (κ3) is 5.35. The molecule has 6 nitrogen and oxygen atoms in total. The van der Waals surface area contributed by atoms with Crippen molar-refractivity contribution in [3.8, 4) is 0 Å². The van der Waals surface area contributed by atoms with Gasteiger partial charge in [0.05, 0.1) is 10.5 Å². The van der Waals surface area contributed by atoms with Crippen LogP contribution in [0.25, 0.3) is 0 Å². The Morgan fingerprint density at radius 2 is 1.91 bits per heavy atom. The van der Waals surface area contributed by atoms with Gasteiger partial charge in [-0.2, -0.15) is 0 Å². The number of guanidine groups is 1. The predicted octanol–water partition coefficient (Wildman–Crippen LogP) is 1.19. The van der Waals surface area contributed by atoms with Gasteiger partial charge in [-0.3, -0.25) is 9.89 Å². The van der Waals surface area contributed by atoms with E-state index in [1.807, 2.05) is 0 Å². The molecular formula is C16H34N4O2S. The molecule has 0 saturated carbocycles. The van der Waals surface area contributed by atoms with Crippen LogP contribution >= 0.6 is 0 Å². The highest BCUT2D eigenvalue weighted by atomic mass is 32.2. The number of likely N-dealkylation sites (tertiary alicyclic amines) is 1. The maximum Gasteiger partial charge on any atom is 0.193 e. The monoisotopic (exact) mass is 346 g/mol. The molecule has 1 aliphatic heterocycles. The first-order valence-corrected chi connectivity index (χ1v) is 10.2. The van der Waals surface area contributed by atoms with Crippen molar-refractivity contribution in [1.82, 2.24) is 15.1 Å². The van der Waals surface area contributed by atoms with Crippen molar-refractivity contribution in [1.29, 1.82) is 0 Å². The second-order valence-corrected chi connectivity index (χ2v) is 9.88. The maximum atomic E-state index is 12.2. The largest absolute Gasteiger partial charge is 0.355 e. The molecule has 7 heteroatoms. The van der Waals surface area contributed by atoms with Crippen LogP contribution in [0.2, 0.25) is 0 Å². The molecule has 0 aliphatic carbocycles. The zero-order valence-electron chi connectivity index (χ0n) is 15.6. The Labute approximate surface area is 142 Å². The van der Waals surface area contributed by atoms with Crippen molar-refractivity contribution >= 4 is 15.8 Å². The van der Waals surface area contributed by atoms with Gasteiger partial charge in [0.25, 0.3) is 0 Å². The first-order chi connectivity index (χ1) is 10.7. The van der Waals surface area contributed by atoms with E-state index < -0.39 is 14.6 Å². The number of nitrogens with one attached hydrogen (secondary N) is 1. The van der Waals surface area contributed by atoms with Gasteiger partial charge in [-0.05, 0) is 40.3 Å². The molecule has 1 aliphatic rings.